The van der Waals surface area contributed by atoms with E-state index in [2.05, 4.69) is 10.3 Å². The zero-order valence-corrected chi connectivity index (χ0v) is 10.7. The van der Waals surface area contributed by atoms with Crippen LogP contribution in [0.5, 0.6) is 0 Å². The van der Waals surface area contributed by atoms with Crippen LogP contribution in [0.1, 0.15) is 30.1 Å². The summed E-state index contributed by atoms with van der Waals surface area (Å²) >= 11 is 0. The Morgan fingerprint density at radius 1 is 1.11 bits per heavy atom. The van der Waals surface area contributed by atoms with Gasteiger partial charge in [-0.05, 0) is 30.2 Å². The lowest BCUT2D eigenvalue weighted by Crippen LogP contribution is -2.30. The molecule has 0 aliphatic heterocycles. The molecule has 1 heterocycles. The van der Waals surface area contributed by atoms with E-state index in [9.17, 15) is 9.90 Å². The highest BCUT2D eigenvalue weighted by Gasteiger charge is 2.21. The van der Waals surface area contributed by atoms with Gasteiger partial charge in [0, 0.05) is 18.4 Å². The van der Waals surface area contributed by atoms with E-state index in [-0.39, 0.29) is 6.04 Å². The Bertz CT molecular complexity index is 528. The summed E-state index contributed by atoms with van der Waals surface area (Å²) in [4.78, 5) is 15.3. The Kier molecular flexibility index (Phi) is 4.26. The lowest BCUT2D eigenvalue weighted by Gasteiger charge is -2.20. The van der Waals surface area contributed by atoms with Crippen LogP contribution in [0.25, 0.3) is 0 Å². The first kappa shape index (κ1) is 13.2. The van der Waals surface area contributed by atoms with Crippen molar-refractivity contribution in [3.63, 3.8) is 0 Å². The summed E-state index contributed by atoms with van der Waals surface area (Å²) in [6, 6.07) is 12.1. The molecule has 0 saturated carbocycles. The van der Waals surface area contributed by atoms with Gasteiger partial charge in [0.1, 0.15) is 6.04 Å². The average molecular weight is 256 g/mol. The van der Waals surface area contributed by atoms with Crippen molar-refractivity contribution in [3.8, 4) is 0 Å². The van der Waals surface area contributed by atoms with Crippen LogP contribution in [0, 0.1) is 0 Å². The molecular weight excluding hydrogens is 240 g/mol. The van der Waals surface area contributed by atoms with Crippen molar-refractivity contribution in [1.82, 2.24) is 10.3 Å². The molecule has 98 valence electrons. The Morgan fingerprint density at radius 2 is 1.74 bits per heavy atom. The van der Waals surface area contributed by atoms with Crippen LogP contribution in [-0.2, 0) is 4.79 Å². The van der Waals surface area contributed by atoms with Crippen LogP contribution >= 0.6 is 0 Å². The normalized spacial score (nSPS) is 13.7. The SMILES string of the molecule is C[C@@H](NC(C(=O)O)c1ccccc1)c1ccncc1. The van der Waals surface area contributed by atoms with Gasteiger partial charge < -0.3 is 5.11 Å². The molecule has 19 heavy (non-hydrogen) atoms. The number of aromatic nitrogens is 1. The number of pyridine rings is 1. The maximum Gasteiger partial charge on any atom is 0.325 e. The second kappa shape index (κ2) is 6.11. The predicted octanol–water partition coefficient (Wildman–Crippen LogP) is 2.56. The van der Waals surface area contributed by atoms with Crippen LogP contribution in [0.2, 0.25) is 0 Å². The fourth-order valence-electron chi connectivity index (χ4n) is 1.95. The number of rotatable bonds is 5. The quantitative estimate of drug-likeness (QED) is 0.863. The molecule has 4 heteroatoms. The maximum atomic E-state index is 11.4. The van der Waals surface area contributed by atoms with Crippen molar-refractivity contribution in [1.29, 1.82) is 0 Å². The molecule has 0 saturated heterocycles. The van der Waals surface area contributed by atoms with Crippen molar-refractivity contribution < 1.29 is 9.90 Å². The van der Waals surface area contributed by atoms with Crippen LogP contribution < -0.4 is 5.32 Å². The van der Waals surface area contributed by atoms with E-state index < -0.39 is 12.0 Å². The van der Waals surface area contributed by atoms with Gasteiger partial charge in [-0.3, -0.25) is 15.1 Å². The zero-order chi connectivity index (χ0) is 13.7. The number of nitrogens with zero attached hydrogens (tertiary/aromatic N) is 1. The first-order valence-electron chi connectivity index (χ1n) is 6.12. The zero-order valence-electron chi connectivity index (χ0n) is 10.7. The van der Waals surface area contributed by atoms with Gasteiger partial charge in [-0.1, -0.05) is 30.3 Å². The molecule has 2 N–H and O–H groups in total. The molecule has 0 aliphatic carbocycles. The molecule has 0 bridgehead atoms. The number of aliphatic carboxylic acids is 1. The number of carboxylic acid groups (broad SMARTS) is 1. The molecule has 0 amide bonds. The monoisotopic (exact) mass is 256 g/mol. The van der Waals surface area contributed by atoms with Gasteiger partial charge in [0.2, 0.25) is 0 Å². The van der Waals surface area contributed by atoms with Crippen molar-refractivity contribution in [2.75, 3.05) is 0 Å². The third kappa shape index (κ3) is 3.39. The Balaban J connectivity index is 2.16. The van der Waals surface area contributed by atoms with Crippen molar-refractivity contribution in [3.05, 3.63) is 66.0 Å². The largest absolute Gasteiger partial charge is 0.480 e. The number of hydrogen-bond acceptors (Lipinski definition) is 3. The Labute approximate surface area is 112 Å². The molecule has 4 nitrogen and oxygen atoms in total. The van der Waals surface area contributed by atoms with E-state index in [1.165, 1.54) is 0 Å². The minimum atomic E-state index is -0.882. The minimum absolute atomic E-state index is 0.0655. The maximum absolute atomic E-state index is 11.4. The molecule has 1 unspecified atom stereocenters. The molecule has 0 spiro atoms. The van der Waals surface area contributed by atoms with E-state index in [1.54, 1.807) is 12.4 Å². The van der Waals surface area contributed by atoms with Gasteiger partial charge in [0.25, 0.3) is 0 Å². The number of nitrogens with one attached hydrogen (secondary N) is 1. The summed E-state index contributed by atoms with van der Waals surface area (Å²) in [6.45, 7) is 1.94. The fraction of sp³-hybridized carbons (Fsp3) is 0.200. The highest BCUT2D eigenvalue weighted by Crippen LogP contribution is 2.19. The highest BCUT2D eigenvalue weighted by atomic mass is 16.4. The van der Waals surface area contributed by atoms with Crippen molar-refractivity contribution in [2.24, 2.45) is 0 Å². The van der Waals surface area contributed by atoms with Gasteiger partial charge in [-0.2, -0.15) is 0 Å². The molecular formula is C15H16N2O2. The summed E-state index contributed by atoms with van der Waals surface area (Å²) in [5.74, 6) is -0.882. The fourth-order valence-corrected chi connectivity index (χ4v) is 1.95. The smallest absolute Gasteiger partial charge is 0.325 e. The Hall–Kier alpha value is -2.20. The van der Waals surface area contributed by atoms with Crippen molar-refractivity contribution >= 4 is 5.97 Å². The second-order valence-corrected chi connectivity index (χ2v) is 4.35. The minimum Gasteiger partial charge on any atom is -0.480 e. The van der Waals surface area contributed by atoms with Crippen LogP contribution in [0.4, 0.5) is 0 Å². The predicted molar refractivity (Wildman–Crippen MR) is 72.6 cm³/mol. The molecule has 0 aliphatic rings. The first-order chi connectivity index (χ1) is 9.18. The molecule has 2 atom stereocenters. The summed E-state index contributed by atoms with van der Waals surface area (Å²) in [6.07, 6.45) is 3.40. The first-order valence-corrected chi connectivity index (χ1v) is 6.12. The van der Waals surface area contributed by atoms with E-state index in [1.807, 2.05) is 49.4 Å². The molecule has 0 radical (unpaired) electrons. The number of carboxylic acids is 1. The highest BCUT2D eigenvalue weighted by molar-refractivity contribution is 5.75. The van der Waals surface area contributed by atoms with E-state index >= 15 is 0 Å². The standard InChI is InChI=1S/C15H16N2O2/c1-11(12-7-9-16-10-8-12)17-14(15(18)19)13-5-3-2-4-6-13/h2-11,14,17H,1H3,(H,18,19)/t11-,14?/m1/s1. The van der Waals surface area contributed by atoms with Gasteiger partial charge in [0.15, 0.2) is 0 Å². The lowest BCUT2D eigenvalue weighted by atomic mass is 10.0. The average Bonchev–Trinajstić information content (AvgIpc) is 2.46. The van der Waals surface area contributed by atoms with E-state index in [0.29, 0.717) is 0 Å². The van der Waals surface area contributed by atoms with Crippen LogP contribution in [0.3, 0.4) is 0 Å². The molecule has 1 aromatic carbocycles. The van der Waals surface area contributed by atoms with Gasteiger partial charge in [-0.15, -0.1) is 0 Å². The third-order valence-corrected chi connectivity index (χ3v) is 3.00. The molecule has 0 fully saturated rings. The lowest BCUT2D eigenvalue weighted by molar-refractivity contribution is -0.139. The third-order valence-electron chi connectivity index (χ3n) is 3.00. The van der Waals surface area contributed by atoms with E-state index in [4.69, 9.17) is 0 Å². The summed E-state index contributed by atoms with van der Waals surface area (Å²) in [5.41, 5.74) is 1.76. The summed E-state index contributed by atoms with van der Waals surface area (Å²) in [7, 11) is 0. The van der Waals surface area contributed by atoms with Crippen LogP contribution in [0.15, 0.2) is 54.9 Å². The number of benzene rings is 1. The summed E-state index contributed by atoms with van der Waals surface area (Å²) < 4.78 is 0. The van der Waals surface area contributed by atoms with Gasteiger partial charge >= 0.3 is 5.97 Å². The Morgan fingerprint density at radius 3 is 2.32 bits per heavy atom. The van der Waals surface area contributed by atoms with Gasteiger partial charge in [-0.25, -0.2) is 0 Å². The molecule has 2 aromatic rings. The molecule has 2 rings (SSSR count). The van der Waals surface area contributed by atoms with Crippen molar-refractivity contribution in [2.45, 2.75) is 19.0 Å². The number of carbonyl (C=O) groups is 1. The van der Waals surface area contributed by atoms with Gasteiger partial charge in [0.05, 0.1) is 0 Å². The number of hydrogen-bond donors (Lipinski definition) is 2. The van der Waals surface area contributed by atoms with E-state index in [0.717, 1.165) is 11.1 Å². The topological polar surface area (TPSA) is 62.2 Å². The summed E-state index contributed by atoms with van der Waals surface area (Å²) in [5, 5.41) is 12.5. The van der Waals surface area contributed by atoms with Crippen LogP contribution in [-0.4, -0.2) is 16.1 Å². The second-order valence-electron chi connectivity index (χ2n) is 4.35. The molecule has 1 aromatic heterocycles.